The average Bonchev–Trinajstić information content (AvgIpc) is 2.49. The second-order valence-corrected chi connectivity index (χ2v) is 5.26. The molecule has 22 heavy (non-hydrogen) atoms. The van der Waals surface area contributed by atoms with Gasteiger partial charge in [-0.1, -0.05) is 23.2 Å². The molecule has 0 spiro atoms. The first-order chi connectivity index (χ1) is 10.5. The molecular weight excluding hydrogens is 327 g/mol. The van der Waals surface area contributed by atoms with Crippen molar-refractivity contribution < 1.29 is 19.1 Å². The lowest BCUT2D eigenvalue weighted by molar-refractivity contribution is -0.136. The molecule has 0 N–H and O–H groups in total. The van der Waals surface area contributed by atoms with Gasteiger partial charge in [0, 0.05) is 16.7 Å². The number of carbonyl (C=O) groups excluding carboxylic acids is 2. The Labute approximate surface area is 137 Å². The maximum atomic E-state index is 11.7. The second kappa shape index (κ2) is 7.29. The van der Waals surface area contributed by atoms with E-state index in [1.165, 1.54) is 13.0 Å². The zero-order chi connectivity index (χ0) is 16.1. The Hall–Kier alpha value is -2.04. The third-order valence-corrected chi connectivity index (χ3v) is 3.28. The normalized spacial score (nSPS) is 10.1. The summed E-state index contributed by atoms with van der Waals surface area (Å²) in [5, 5.41) is 0.801. The van der Waals surface area contributed by atoms with Crippen molar-refractivity contribution in [2.75, 3.05) is 6.61 Å². The minimum absolute atomic E-state index is 0.0585. The van der Waals surface area contributed by atoms with Crippen LogP contribution >= 0.6 is 23.2 Å². The highest BCUT2D eigenvalue weighted by atomic mass is 35.5. The van der Waals surface area contributed by atoms with E-state index in [4.69, 9.17) is 32.7 Å². The third-order valence-electron chi connectivity index (χ3n) is 2.73. The highest BCUT2D eigenvalue weighted by molar-refractivity contribution is 6.34. The number of rotatable bonds is 5. The Bertz CT molecular complexity index is 696. The molecular formula is C16H12Cl2O4. The van der Waals surface area contributed by atoms with Gasteiger partial charge in [-0.05, 0) is 43.3 Å². The second-order valence-electron chi connectivity index (χ2n) is 4.42. The van der Waals surface area contributed by atoms with Crippen molar-refractivity contribution in [1.82, 2.24) is 0 Å². The van der Waals surface area contributed by atoms with Gasteiger partial charge in [-0.3, -0.25) is 4.79 Å². The first-order valence-corrected chi connectivity index (χ1v) is 7.11. The van der Waals surface area contributed by atoms with Gasteiger partial charge in [0.25, 0.3) is 0 Å². The molecule has 2 aromatic rings. The van der Waals surface area contributed by atoms with E-state index in [1.807, 2.05) is 0 Å². The molecule has 0 unspecified atom stereocenters. The quantitative estimate of drug-likeness (QED) is 0.466. The summed E-state index contributed by atoms with van der Waals surface area (Å²) in [6.45, 7) is 1.15. The van der Waals surface area contributed by atoms with E-state index in [0.717, 1.165) is 0 Å². The van der Waals surface area contributed by atoms with Crippen LogP contribution in [0.1, 0.15) is 17.3 Å². The molecule has 0 aliphatic carbocycles. The highest BCUT2D eigenvalue weighted by Crippen LogP contribution is 2.27. The van der Waals surface area contributed by atoms with E-state index in [2.05, 4.69) is 0 Å². The van der Waals surface area contributed by atoms with E-state index < -0.39 is 5.97 Å². The van der Waals surface area contributed by atoms with Crippen LogP contribution in [0.3, 0.4) is 0 Å². The number of ether oxygens (including phenoxy) is 2. The summed E-state index contributed by atoms with van der Waals surface area (Å²) in [5.74, 6) is -0.0164. The van der Waals surface area contributed by atoms with Crippen LogP contribution < -0.4 is 9.47 Å². The summed E-state index contributed by atoms with van der Waals surface area (Å²) >= 11 is 11.7. The molecule has 2 rings (SSSR count). The number of carbonyl (C=O) groups is 2. The van der Waals surface area contributed by atoms with Crippen molar-refractivity contribution in [2.24, 2.45) is 0 Å². The monoisotopic (exact) mass is 338 g/mol. The van der Waals surface area contributed by atoms with Gasteiger partial charge in [-0.2, -0.15) is 0 Å². The van der Waals surface area contributed by atoms with Gasteiger partial charge in [0.1, 0.15) is 11.5 Å². The predicted octanol–water partition coefficient (Wildman–Crippen LogP) is 4.18. The molecule has 0 aliphatic heterocycles. The fourth-order valence-electron chi connectivity index (χ4n) is 1.64. The number of benzene rings is 2. The van der Waals surface area contributed by atoms with Crippen molar-refractivity contribution in [3.63, 3.8) is 0 Å². The number of hydrogen-bond donors (Lipinski definition) is 0. The fourth-order valence-corrected chi connectivity index (χ4v) is 1.98. The van der Waals surface area contributed by atoms with Crippen molar-refractivity contribution in [2.45, 2.75) is 6.92 Å². The molecule has 0 fully saturated rings. The van der Waals surface area contributed by atoms with Gasteiger partial charge >= 0.3 is 5.97 Å². The van der Waals surface area contributed by atoms with Gasteiger partial charge in [0.2, 0.25) is 0 Å². The third kappa shape index (κ3) is 4.48. The molecule has 6 heteroatoms. The molecule has 2 aromatic carbocycles. The summed E-state index contributed by atoms with van der Waals surface area (Å²) in [4.78, 5) is 22.9. The largest absolute Gasteiger partial charge is 0.480 e. The van der Waals surface area contributed by atoms with Crippen LogP contribution in [0, 0.1) is 0 Å². The SMILES string of the molecule is CC(=O)c1ccc(OC(=O)COc2cc(Cl)ccc2Cl)cc1. The molecule has 0 bridgehead atoms. The standard InChI is InChI=1S/C16H12Cl2O4/c1-10(19)11-2-5-13(6-3-11)22-16(20)9-21-15-8-12(17)4-7-14(15)18/h2-8H,9H2,1H3. The number of esters is 1. The smallest absolute Gasteiger partial charge is 0.349 e. The topological polar surface area (TPSA) is 52.6 Å². The zero-order valence-electron chi connectivity index (χ0n) is 11.6. The first-order valence-electron chi connectivity index (χ1n) is 6.35. The van der Waals surface area contributed by atoms with E-state index in [-0.39, 0.29) is 12.4 Å². The molecule has 0 aromatic heterocycles. The number of hydrogen-bond acceptors (Lipinski definition) is 4. The number of Topliss-reactive ketones (excluding diaryl/α,β-unsaturated/α-hetero) is 1. The Balaban J connectivity index is 1.92. The zero-order valence-corrected chi connectivity index (χ0v) is 13.1. The molecule has 0 saturated heterocycles. The summed E-state index contributed by atoms with van der Waals surface area (Å²) in [6.07, 6.45) is 0. The van der Waals surface area contributed by atoms with Gasteiger partial charge < -0.3 is 9.47 Å². The van der Waals surface area contributed by atoms with Crippen LogP contribution in [0.5, 0.6) is 11.5 Å². The van der Waals surface area contributed by atoms with Crippen LogP contribution in [-0.4, -0.2) is 18.4 Å². The Morgan fingerprint density at radius 1 is 1.05 bits per heavy atom. The van der Waals surface area contributed by atoms with Crippen LogP contribution in [-0.2, 0) is 4.79 Å². The van der Waals surface area contributed by atoms with Crippen LogP contribution in [0.15, 0.2) is 42.5 Å². The minimum Gasteiger partial charge on any atom is -0.480 e. The number of ketones is 1. The molecule has 0 amide bonds. The highest BCUT2D eigenvalue weighted by Gasteiger charge is 2.09. The minimum atomic E-state index is -0.591. The van der Waals surface area contributed by atoms with Gasteiger partial charge in [-0.25, -0.2) is 4.79 Å². The lowest BCUT2D eigenvalue weighted by Crippen LogP contribution is -2.17. The summed E-state index contributed by atoms with van der Waals surface area (Å²) < 4.78 is 10.4. The van der Waals surface area contributed by atoms with E-state index in [9.17, 15) is 9.59 Å². The van der Waals surface area contributed by atoms with Crippen LogP contribution in [0.2, 0.25) is 10.0 Å². The van der Waals surface area contributed by atoms with E-state index in [1.54, 1.807) is 36.4 Å². The molecule has 0 aliphatic rings. The molecule has 0 heterocycles. The summed E-state index contributed by atoms with van der Waals surface area (Å²) in [7, 11) is 0. The molecule has 0 atom stereocenters. The first kappa shape index (κ1) is 16.3. The van der Waals surface area contributed by atoms with Crippen molar-refractivity contribution >= 4 is 35.0 Å². The molecule has 4 nitrogen and oxygen atoms in total. The van der Waals surface area contributed by atoms with E-state index >= 15 is 0 Å². The summed E-state index contributed by atoms with van der Waals surface area (Å²) in [6, 6.07) is 11.0. The van der Waals surface area contributed by atoms with Gasteiger partial charge in [0.15, 0.2) is 12.4 Å². The van der Waals surface area contributed by atoms with Crippen molar-refractivity contribution in [3.05, 3.63) is 58.1 Å². The molecule has 114 valence electrons. The Morgan fingerprint density at radius 3 is 2.36 bits per heavy atom. The summed E-state index contributed by atoms with van der Waals surface area (Å²) in [5.41, 5.74) is 0.543. The van der Waals surface area contributed by atoms with E-state index in [0.29, 0.717) is 27.1 Å². The average molecular weight is 339 g/mol. The lowest BCUT2D eigenvalue weighted by atomic mass is 10.1. The van der Waals surface area contributed by atoms with Crippen molar-refractivity contribution in [1.29, 1.82) is 0 Å². The maximum absolute atomic E-state index is 11.7. The molecule has 0 radical (unpaired) electrons. The lowest BCUT2D eigenvalue weighted by Gasteiger charge is -2.08. The fraction of sp³-hybridized carbons (Fsp3) is 0.125. The van der Waals surface area contributed by atoms with Crippen LogP contribution in [0.25, 0.3) is 0 Å². The maximum Gasteiger partial charge on any atom is 0.349 e. The van der Waals surface area contributed by atoms with Gasteiger partial charge in [-0.15, -0.1) is 0 Å². The van der Waals surface area contributed by atoms with Gasteiger partial charge in [0.05, 0.1) is 5.02 Å². The Morgan fingerprint density at radius 2 is 1.73 bits per heavy atom. The molecule has 0 saturated carbocycles. The number of halogens is 2. The van der Waals surface area contributed by atoms with Crippen LogP contribution in [0.4, 0.5) is 0 Å². The Kier molecular flexibility index (Phi) is 5.41. The van der Waals surface area contributed by atoms with Crippen molar-refractivity contribution in [3.8, 4) is 11.5 Å². The predicted molar refractivity (Wildman–Crippen MR) is 84.0 cm³/mol.